The second-order valence-corrected chi connectivity index (χ2v) is 5.83. The molecule has 3 nitrogen and oxygen atoms in total. The minimum absolute atomic E-state index is 0.313. The van der Waals surface area contributed by atoms with Gasteiger partial charge in [0.15, 0.2) is 0 Å². The first kappa shape index (κ1) is 15.5. The first-order chi connectivity index (χ1) is 9.67. The van der Waals surface area contributed by atoms with Crippen LogP contribution in [0.15, 0.2) is 24.3 Å². The summed E-state index contributed by atoms with van der Waals surface area (Å²) in [5.74, 6) is 0. The van der Waals surface area contributed by atoms with E-state index in [1.165, 1.54) is 11.1 Å². The van der Waals surface area contributed by atoms with Crippen LogP contribution in [0.5, 0.6) is 0 Å². The highest BCUT2D eigenvalue weighted by atomic mass is 16.5. The molecular weight excluding hydrogens is 250 g/mol. The third-order valence-electron chi connectivity index (χ3n) is 3.83. The normalized spacial score (nSPS) is 26.6. The monoisotopic (exact) mass is 277 g/mol. The summed E-state index contributed by atoms with van der Waals surface area (Å²) in [6.07, 6.45) is 4.04. The van der Waals surface area contributed by atoms with E-state index in [1.54, 1.807) is 0 Å². The highest BCUT2D eigenvalue weighted by molar-refractivity contribution is 5.22. The lowest BCUT2D eigenvalue weighted by Crippen LogP contribution is -2.33. The van der Waals surface area contributed by atoms with Gasteiger partial charge in [-0.25, -0.2) is 0 Å². The molecule has 0 aliphatic carbocycles. The number of rotatable bonds is 6. The minimum atomic E-state index is 0.313. The van der Waals surface area contributed by atoms with Crippen molar-refractivity contribution in [3.8, 4) is 0 Å². The van der Waals surface area contributed by atoms with Crippen molar-refractivity contribution < 1.29 is 9.47 Å². The summed E-state index contributed by atoms with van der Waals surface area (Å²) >= 11 is 0. The van der Waals surface area contributed by atoms with Crippen LogP contribution in [-0.4, -0.2) is 31.9 Å². The molecule has 1 saturated heterocycles. The Hall–Kier alpha value is -0.900. The van der Waals surface area contributed by atoms with Crippen LogP contribution in [-0.2, 0) is 22.5 Å². The van der Waals surface area contributed by atoms with Gasteiger partial charge in [-0.15, -0.1) is 0 Å². The molecule has 1 N–H and O–H groups in total. The molecule has 1 heterocycles. The molecule has 3 heteroatoms. The molecule has 0 saturated carbocycles. The lowest BCUT2D eigenvalue weighted by atomic mass is 10.0. The van der Waals surface area contributed by atoms with E-state index >= 15 is 0 Å². The maximum Gasteiger partial charge on any atom is 0.0720 e. The summed E-state index contributed by atoms with van der Waals surface area (Å²) in [6.45, 7) is 5.98. The number of hydrogen-bond acceptors (Lipinski definition) is 3. The zero-order valence-electron chi connectivity index (χ0n) is 12.9. The van der Waals surface area contributed by atoms with Gasteiger partial charge in [0.05, 0.1) is 24.9 Å². The van der Waals surface area contributed by atoms with Crippen molar-refractivity contribution in [2.45, 2.75) is 58.0 Å². The lowest BCUT2D eigenvalue weighted by Gasteiger charge is -2.32. The SMILES string of the molecule is CNCCc1ccc(COC2CC(C)OC(C)C2)cc1. The zero-order chi connectivity index (χ0) is 14.4. The molecule has 0 amide bonds. The predicted molar refractivity (Wildman–Crippen MR) is 81.9 cm³/mol. The molecule has 0 aromatic heterocycles. The van der Waals surface area contributed by atoms with Gasteiger partial charge in [0, 0.05) is 0 Å². The fraction of sp³-hybridized carbons (Fsp3) is 0.647. The summed E-state index contributed by atoms with van der Waals surface area (Å²) in [7, 11) is 1.98. The van der Waals surface area contributed by atoms with Crippen LogP contribution >= 0.6 is 0 Å². The van der Waals surface area contributed by atoms with Gasteiger partial charge in [-0.3, -0.25) is 0 Å². The van der Waals surface area contributed by atoms with E-state index in [0.717, 1.165) is 25.8 Å². The zero-order valence-corrected chi connectivity index (χ0v) is 12.9. The predicted octanol–water partition coefficient (Wildman–Crippen LogP) is 2.92. The Morgan fingerprint density at radius 3 is 2.30 bits per heavy atom. The minimum Gasteiger partial charge on any atom is -0.375 e. The Bertz CT molecular complexity index is 380. The van der Waals surface area contributed by atoms with Gasteiger partial charge in [0.1, 0.15) is 0 Å². The fourth-order valence-corrected chi connectivity index (χ4v) is 2.77. The van der Waals surface area contributed by atoms with Crippen LogP contribution in [0.2, 0.25) is 0 Å². The van der Waals surface area contributed by atoms with Crippen LogP contribution < -0.4 is 5.32 Å². The number of hydrogen-bond donors (Lipinski definition) is 1. The maximum absolute atomic E-state index is 6.04. The van der Waals surface area contributed by atoms with E-state index in [-0.39, 0.29) is 0 Å². The topological polar surface area (TPSA) is 30.5 Å². The molecule has 2 rings (SSSR count). The second kappa shape index (κ2) is 7.77. The molecule has 20 heavy (non-hydrogen) atoms. The summed E-state index contributed by atoms with van der Waals surface area (Å²) in [5, 5.41) is 3.17. The fourth-order valence-electron chi connectivity index (χ4n) is 2.77. The van der Waals surface area contributed by atoms with Gasteiger partial charge in [0.2, 0.25) is 0 Å². The Morgan fingerprint density at radius 2 is 1.70 bits per heavy atom. The van der Waals surface area contributed by atoms with Crippen LogP contribution in [0.1, 0.15) is 37.8 Å². The van der Waals surface area contributed by atoms with Crippen molar-refractivity contribution in [2.24, 2.45) is 0 Å². The van der Waals surface area contributed by atoms with Crippen molar-refractivity contribution in [1.82, 2.24) is 5.32 Å². The highest BCUT2D eigenvalue weighted by Crippen LogP contribution is 2.22. The smallest absolute Gasteiger partial charge is 0.0720 e. The molecule has 0 spiro atoms. The van der Waals surface area contributed by atoms with Gasteiger partial charge in [0.25, 0.3) is 0 Å². The summed E-state index contributed by atoms with van der Waals surface area (Å²) < 4.78 is 11.8. The van der Waals surface area contributed by atoms with Crippen molar-refractivity contribution in [3.05, 3.63) is 35.4 Å². The third-order valence-corrected chi connectivity index (χ3v) is 3.83. The first-order valence-corrected chi connectivity index (χ1v) is 7.67. The Kier molecular flexibility index (Phi) is 6.02. The van der Waals surface area contributed by atoms with Crippen LogP contribution in [0, 0.1) is 0 Å². The van der Waals surface area contributed by atoms with E-state index in [4.69, 9.17) is 9.47 Å². The summed E-state index contributed by atoms with van der Waals surface area (Å²) in [6, 6.07) is 8.75. The number of ether oxygens (including phenoxy) is 2. The van der Waals surface area contributed by atoms with E-state index in [9.17, 15) is 0 Å². The Labute approximate surface area is 122 Å². The molecular formula is C17H27NO2. The van der Waals surface area contributed by atoms with Crippen molar-refractivity contribution in [2.75, 3.05) is 13.6 Å². The van der Waals surface area contributed by atoms with Gasteiger partial charge in [-0.2, -0.15) is 0 Å². The molecule has 1 aliphatic heterocycles. The largest absolute Gasteiger partial charge is 0.375 e. The molecule has 2 atom stereocenters. The molecule has 1 aliphatic rings. The standard InChI is InChI=1S/C17H27NO2/c1-13-10-17(11-14(2)20-13)19-12-16-6-4-15(5-7-16)8-9-18-3/h4-7,13-14,17-18H,8-12H2,1-3H3. The van der Waals surface area contributed by atoms with E-state index in [2.05, 4.69) is 43.4 Å². The van der Waals surface area contributed by atoms with Crippen LogP contribution in [0.25, 0.3) is 0 Å². The lowest BCUT2D eigenvalue weighted by molar-refractivity contribution is -0.106. The second-order valence-electron chi connectivity index (χ2n) is 5.83. The third kappa shape index (κ3) is 4.89. The van der Waals surface area contributed by atoms with Gasteiger partial charge < -0.3 is 14.8 Å². The van der Waals surface area contributed by atoms with E-state index < -0.39 is 0 Å². The summed E-state index contributed by atoms with van der Waals surface area (Å²) in [4.78, 5) is 0. The van der Waals surface area contributed by atoms with Gasteiger partial charge in [-0.05, 0) is 57.8 Å². The number of likely N-dealkylation sites (N-methyl/N-ethyl adjacent to an activating group) is 1. The van der Waals surface area contributed by atoms with Crippen molar-refractivity contribution in [3.63, 3.8) is 0 Å². The highest BCUT2D eigenvalue weighted by Gasteiger charge is 2.24. The quantitative estimate of drug-likeness (QED) is 0.867. The van der Waals surface area contributed by atoms with Gasteiger partial charge >= 0.3 is 0 Å². The average Bonchev–Trinajstić information content (AvgIpc) is 2.43. The molecule has 112 valence electrons. The molecule has 0 radical (unpaired) electrons. The Balaban J connectivity index is 1.78. The molecule has 1 fully saturated rings. The van der Waals surface area contributed by atoms with Crippen LogP contribution in [0.4, 0.5) is 0 Å². The first-order valence-electron chi connectivity index (χ1n) is 7.67. The molecule has 0 bridgehead atoms. The molecule has 2 unspecified atom stereocenters. The van der Waals surface area contributed by atoms with E-state index in [0.29, 0.717) is 24.9 Å². The van der Waals surface area contributed by atoms with E-state index in [1.807, 2.05) is 7.05 Å². The molecule has 1 aromatic carbocycles. The van der Waals surface area contributed by atoms with Crippen LogP contribution in [0.3, 0.4) is 0 Å². The average molecular weight is 277 g/mol. The maximum atomic E-state index is 6.04. The Morgan fingerprint density at radius 1 is 1.10 bits per heavy atom. The number of nitrogens with one attached hydrogen (secondary N) is 1. The number of benzene rings is 1. The van der Waals surface area contributed by atoms with Crippen molar-refractivity contribution >= 4 is 0 Å². The molecule has 1 aromatic rings. The van der Waals surface area contributed by atoms with Crippen molar-refractivity contribution in [1.29, 1.82) is 0 Å². The van der Waals surface area contributed by atoms with Gasteiger partial charge in [-0.1, -0.05) is 24.3 Å². The summed E-state index contributed by atoms with van der Waals surface area (Å²) in [5.41, 5.74) is 2.63.